The Morgan fingerprint density at radius 2 is 2.06 bits per heavy atom. The first-order valence-electron chi connectivity index (χ1n) is 5.28. The predicted molar refractivity (Wildman–Crippen MR) is 61.7 cm³/mol. The number of rotatable bonds is 6. The van der Waals surface area contributed by atoms with Crippen LogP contribution in [0.2, 0.25) is 0 Å². The third-order valence-corrected chi connectivity index (χ3v) is 2.06. The molecule has 0 heterocycles. The van der Waals surface area contributed by atoms with E-state index in [1.807, 2.05) is 12.1 Å². The Labute approximate surface area is 99.4 Å². The van der Waals surface area contributed by atoms with Crippen LogP contribution in [0.4, 0.5) is 0 Å². The number of carboxylic acids is 1. The van der Waals surface area contributed by atoms with Crippen LogP contribution in [-0.2, 0) is 16.1 Å². The molecule has 0 bridgehead atoms. The van der Waals surface area contributed by atoms with E-state index in [1.54, 1.807) is 12.1 Å². The molecule has 1 aromatic carbocycles. The molecule has 0 unspecified atom stereocenters. The lowest BCUT2D eigenvalue weighted by atomic mass is 10.2. The highest BCUT2D eigenvalue weighted by atomic mass is 16.5. The molecule has 0 aliphatic carbocycles. The van der Waals surface area contributed by atoms with Crippen LogP contribution in [0.3, 0.4) is 0 Å². The molecule has 17 heavy (non-hydrogen) atoms. The number of hydrogen-bond acceptors (Lipinski definition) is 4. The zero-order chi connectivity index (χ0) is 12.7. The molecule has 1 aromatic rings. The first-order chi connectivity index (χ1) is 8.09. The third-order valence-electron chi connectivity index (χ3n) is 2.06. The number of para-hydroxylation sites is 1. The second-order valence-electron chi connectivity index (χ2n) is 3.52. The van der Waals surface area contributed by atoms with Crippen molar-refractivity contribution in [3.05, 3.63) is 29.8 Å². The summed E-state index contributed by atoms with van der Waals surface area (Å²) in [5, 5.41) is 11.4. The van der Waals surface area contributed by atoms with Crippen molar-refractivity contribution in [3.63, 3.8) is 0 Å². The monoisotopic (exact) mass is 237 g/mol. The number of carbonyl (C=O) groups is 2. The van der Waals surface area contributed by atoms with E-state index in [4.69, 9.17) is 9.84 Å². The Hall–Kier alpha value is -1.88. The first-order valence-corrected chi connectivity index (χ1v) is 5.28. The van der Waals surface area contributed by atoms with E-state index in [0.29, 0.717) is 18.8 Å². The number of hydrogen-bond donors (Lipinski definition) is 2. The minimum atomic E-state index is -0.842. The molecule has 0 radical (unpaired) electrons. The summed E-state index contributed by atoms with van der Waals surface area (Å²) in [4.78, 5) is 21.2. The molecule has 0 aliphatic heterocycles. The van der Waals surface area contributed by atoms with Gasteiger partial charge in [0, 0.05) is 25.6 Å². The van der Waals surface area contributed by atoms with Crippen LogP contribution in [-0.4, -0.2) is 23.6 Å². The summed E-state index contributed by atoms with van der Waals surface area (Å²) in [6.45, 7) is 2.19. The predicted octanol–water partition coefficient (Wildman–Crippen LogP) is 1.18. The third kappa shape index (κ3) is 5.12. The van der Waals surface area contributed by atoms with Crippen LogP contribution >= 0.6 is 0 Å². The normalized spacial score (nSPS) is 9.94. The molecule has 0 aromatic heterocycles. The van der Waals surface area contributed by atoms with E-state index >= 15 is 0 Å². The van der Waals surface area contributed by atoms with Crippen LogP contribution in [0.25, 0.3) is 0 Å². The number of ether oxygens (including phenoxy) is 1. The quantitative estimate of drug-likeness (QED) is 0.441. The lowest BCUT2D eigenvalue weighted by Gasteiger charge is -2.09. The minimum absolute atomic E-state index is 0.0652. The molecule has 0 atom stereocenters. The lowest BCUT2D eigenvalue weighted by molar-refractivity contribution is -0.137. The Kier molecular flexibility index (Phi) is 5.16. The smallest absolute Gasteiger partial charge is 0.308 e. The van der Waals surface area contributed by atoms with E-state index in [0.717, 1.165) is 5.56 Å². The van der Waals surface area contributed by atoms with Gasteiger partial charge < -0.3 is 15.2 Å². The Balaban J connectivity index is 2.51. The fraction of sp³-hybridized carbons (Fsp3) is 0.333. The zero-order valence-corrected chi connectivity index (χ0v) is 9.60. The van der Waals surface area contributed by atoms with Crippen molar-refractivity contribution in [1.82, 2.24) is 5.32 Å². The number of carboxylic acid groups (broad SMARTS) is 1. The molecule has 2 N–H and O–H groups in total. The average Bonchev–Trinajstić information content (AvgIpc) is 2.25. The van der Waals surface area contributed by atoms with Crippen LogP contribution in [0.5, 0.6) is 5.75 Å². The summed E-state index contributed by atoms with van der Waals surface area (Å²) < 4.78 is 5.03. The van der Waals surface area contributed by atoms with Gasteiger partial charge in [-0.15, -0.1) is 0 Å². The highest BCUT2D eigenvalue weighted by molar-refractivity contribution is 5.69. The van der Waals surface area contributed by atoms with Gasteiger partial charge in [-0.1, -0.05) is 18.2 Å². The van der Waals surface area contributed by atoms with Gasteiger partial charge in [-0.3, -0.25) is 9.59 Å². The summed E-state index contributed by atoms with van der Waals surface area (Å²) in [6, 6.07) is 7.14. The van der Waals surface area contributed by atoms with Gasteiger partial charge >= 0.3 is 11.9 Å². The molecule has 5 heteroatoms. The van der Waals surface area contributed by atoms with Crippen molar-refractivity contribution in [2.45, 2.75) is 19.9 Å². The van der Waals surface area contributed by atoms with Crippen LogP contribution in [0.1, 0.15) is 18.9 Å². The maximum atomic E-state index is 10.9. The van der Waals surface area contributed by atoms with Crippen molar-refractivity contribution in [3.8, 4) is 5.75 Å². The van der Waals surface area contributed by atoms with Crippen molar-refractivity contribution < 1.29 is 19.4 Å². The fourth-order valence-electron chi connectivity index (χ4n) is 1.32. The second kappa shape index (κ2) is 6.65. The zero-order valence-electron chi connectivity index (χ0n) is 9.60. The van der Waals surface area contributed by atoms with Gasteiger partial charge in [0.25, 0.3) is 0 Å². The molecule has 1 rings (SSSR count). The van der Waals surface area contributed by atoms with Gasteiger partial charge in [0.05, 0.1) is 6.42 Å². The SMILES string of the molecule is CC(=O)Oc1ccccc1CNCCC(=O)O. The summed E-state index contributed by atoms with van der Waals surface area (Å²) in [7, 11) is 0. The molecule has 0 spiro atoms. The minimum Gasteiger partial charge on any atom is -0.481 e. The van der Waals surface area contributed by atoms with Crippen molar-refractivity contribution >= 4 is 11.9 Å². The summed E-state index contributed by atoms with van der Waals surface area (Å²) in [5.74, 6) is -0.711. The second-order valence-corrected chi connectivity index (χ2v) is 3.52. The summed E-state index contributed by atoms with van der Waals surface area (Å²) in [5.41, 5.74) is 0.827. The van der Waals surface area contributed by atoms with Gasteiger partial charge in [0.1, 0.15) is 5.75 Å². The van der Waals surface area contributed by atoms with Gasteiger partial charge in [0.15, 0.2) is 0 Å². The van der Waals surface area contributed by atoms with E-state index < -0.39 is 5.97 Å². The first kappa shape index (κ1) is 13.2. The van der Waals surface area contributed by atoms with Crippen molar-refractivity contribution in [2.24, 2.45) is 0 Å². The van der Waals surface area contributed by atoms with Gasteiger partial charge in [-0.25, -0.2) is 0 Å². The molecular formula is C12H15NO4. The fourth-order valence-corrected chi connectivity index (χ4v) is 1.32. The Bertz CT molecular complexity index is 403. The highest BCUT2D eigenvalue weighted by Gasteiger charge is 2.05. The lowest BCUT2D eigenvalue weighted by Crippen LogP contribution is -2.18. The molecule has 92 valence electrons. The molecular weight excluding hydrogens is 222 g/mol. The molecule has 0 saturated carbocycles. The van der Waals surface area contributed by atoms with Gasteiger partial charge in [0.2, 0.25) is 0 Å². The number of carbonyl (C=O) groups excluding carboxylic acids is 1. The maximum absolute atomic E-state index is 10.9. The number of benzene rings is 1. The Morgan fingerprint density at radius 1 is 1.35 bits per heavy atom. The molecule has 0 fully saturated rings. The highest BCUT2D eigenvalue weighted by Crippen LogP contribution is 2.17. The molecule has 5 nitrogen and oxygen atoms in total. The molecule has 0 saturated heterocycles. The maximum Gasteiger partial charge on any atom is 0.308 e. The van der Waals surface area contributed by atoms with Gasteiger partial charge in [-0.05, 0) is 6.07 Å². The van der Waals surface area contributed by atoms with Crippen molar-refractivity contribution in [2.75, 3.05) is 6.54 Å². The average molecular weight is 237 g/mol. The van der Waals surface area contributed by atoms with Crippen LogP contribution < -0.4 is 10.1 Å². The van der Waals surface area contributed by atoms with E-state index in [9.17, 15) is 9.59 Å². The van der Waals surface area contributed by atoms with E-state index in [2.05, 4.69) is 5.32 Å². The van der Waals surface area contributed by atoms with Gasteiger partial charge in [-0.2, -0.15) is 0 Å². The standard InChI is InChI=1S/C12H15NO4/c1-9(14)17-11-5-3-2-4-10(11)8-13-7-6-12(15)16/h2-5,13H,6-8H2,1H3,(H,15,16). The summed E-state index contributed by atoms with van der Waals surface area (Å²) in [6.07, 6.45) is 0.0652. The topological polar surface area (TPSA) is 75.6 Å². The summed E-state index contributed by atoms with van der Waals surface area (Å²) >= 11 is 0. The van der Waals surface area contributed by atoms with Crippen LogP contribution in [0, 0.1) is 0 Å². The van der Waals surface area contributed by atoms with E-state index in [1.165, 1.54) is 6.92 Å². The number of aliphatic carboxylic acids is 1. The van der Waals surface area contributed by atoms with Crippen LogP contribution in [0.15, 0.2) is 24.3 Å². The van der Waals surface area contributed by atoms with Crippen molar-refractivity contribution in [1.29, 1.82) is 0 Å². The van der Waals surface area contributed by atoms with E-state index in [-0.39, 0.29) is 12.4 Å². The largest absolute Gasteiger partial charge is 0.481 e. The Morgan fingerprint density at radius 3 is 2.71 bits per heavy atom. The molecule has 0 aliphatic rings. The number of nitrogens with one attached hydrogen (secondary N) is 1. The molecule has 0 amide bonds. The number of esters is 1.